The molecular weight excluding hydrogens is 559 g/mol. The predicted octanol–water partition coefficient (Wildman–Crippen LogP) is 7.27. The summed E-state index contributed by atoms with van der Waals surface area (Å²) in [5, 5.41) is 0. The number of ether oxygens (including phenoxy) is 1. The maximum atomic E-state index is 14.1. The number of hydrogen-bond donors (Lipinski definition) is 1. The van der Waals surface area contributed by atoms with Gasteiger partial charge in [-0.2, -0.15) is 26.3 Å². The number of alkyl halides is 6. The summed E-state index contributed by atoms with van der Waals surface area (Å²) >= 11 is 0. The van der Waals surface area contributed by atoms with Crippen LogP contribution < -0.4 is 0 Å². The first-order valence-corrected chi connectivity index (χ1v) is 13.0. The first-order valence-electron chi connectivity index (χ1n) is 13.0. The molecule has 0 bridgehead atoms. The molecule has 1 fully saturated rings. The second-order valence-electron chi connectivity index (χ2n) is 10.9. The minimum absolute atomic E-state index is 0.0692. The average Bonchev–Trinajstić information content (AvgIpc) is 3.33. The molecule has 3 heterocycles. The maximum Gasteiger partial charge on any atom is 0.435 e. The van der Waals surface area contributed by atoms with Crippen LogP contribution in [0.2, 0.25) is 0 Å². The van der Waals surface area contributed by atoms with Gasteiger partial charge >= 0.3 is 18.4 Å². The van der Waals surface area contributed by atoms with Crippen molar-refractivity contribution in [2.75, 3.05) is 6.54 Å². The Hall–Kier alpha value is -3.58. The van der Waals surface area contributed by atoms with Crippen LogP contribution in [0.25, 0.3) is 0 Å². The number of rotatable bonds is 4. The average molecular weight is 590 g/mol. The molecule has 14 heteroatoms. The number of aromatic nitrogens is 4. The second-order valence-corrected chi connectivity index (χ2v) is 10.9. The van der Waals surface area contributed by atoms with Crippen LogP contribution in [0.5, 0.6) is 0 Å². The number of H-pyrrole nitrogens is 1. The molecule has 1 aromatic carbocycles. The molecule has 0 spiro atoms. The Morgan fingerprint density at radius 3 is 2.27 bits per heavy atom. The SMILES string of the molecule is CC(C)(C)OC(=O)N1CCn2c(C3CC3)nc(C(F)(F)F)c2C1CCc1ccc(C(F)(F)F)c(F)c1.c1c[nH]cn1. The van der Waals surface area contributed by atoms with E-state index in [4.69, 9.17) is 4.74 Å². The molecule has 3 aromatic rings. The Labute approximate surface area is 231 Å². The molecule has 1 aliphatic heterocycles. The zero-order valence-corrected chi connectivity index (χ0v) is 22.6. The smallest absolute Gasteiger partial charge is 0.435 e. The summed E-state index contributed by atoms with van der Waals surface area (Å²) in [5.41, 5.74) is -3.42. The van der Waals surface area contributed by atoms with Gasteiger partial charge in [0.15, 0.2) is 5.69 Å². The van der Waals surface area contributed by atoms with E-state index in [0.717, 1.165) is 25.0 Å². The second kappa shape index (κ2) is 11.4. The number of aryl methyl sites for hydroxylation is 1. The summed E-state index contributed by atoms with van der Waals surface area (Å²) < 4.78 is 102. The van der Waals surface area contributed by atoms with Crippen LogP contribution in [-0.4, -0.2) is 42.7 Å². The minimum atomic E-state index is -4.87. The number of halogens is 7. The molecule has 7 nitrogen and oxygen atoms in total. The van der Waals surface area contributed by atoms with Gasteiger partial charge in [0.1, 0.15) is 17.2 Å². The molecule has 1 atom stereocenters. The van der Waals surface area contributed by atoms with Crippen molar-refractivity contribution < 1.29 is 40.3 Å². The Morgan fingerprint density at radius 2 is 1.78 bits per heavy atom. The zero-order valence-electron chi connectivity index (χ0n) is 22.6. The van der Waals surface area contributed by atoms with Gasteiger partial charge in [-0.05, 0) is 64.2 Å². The molecule has 1 aliphatic carbocycles. The van der Waals surface area contributed by atoms with E-state index in [1.807, 2.05) is 0 Å². The third kappa shape index (κ3) is 7.39. The van der Waals surface area contributed by atoms with Gasteiger partial charge in [-0.3, -0.25) is 4.90 Å². The molecule has 0 saturated heterocycles. The molecule has 41 heavy (non-hydrogen) atoms. The molecular formula is C27H30F7N5O2. The van der Waals surface area contributed by atoms with Crippen LogP contribution in [0.4, 0.5) is 35.5 Å². The summed E-state index contributed by atoms with van der Waals surface area (Å²) in [7, 11) is 0. The van der Waals surface area contributed by atoms with E-state index in [0.29, 0.717) is 11.9 Å². The van der Waals surface area contributed by atoms with Crippen LogP contribution in [0, 0.1) is 5.82 Å². The number of carbonyl (C=O) groups is 1. The quantitative estimate of drug-likeness (QED) is 0.325. The summed E-state index contributed by atoms with van der Waals surface area (Å²) in [4.78, 5) is 24.5. The topological polar surface area (TPSA) is 76.0 Å². The standard InChI is InChI=1S/C24H26F7N3O2.C3H4N2/c1-22(2,3)36-21(35)33-10-11-34-18(19(24(29,30)31)32-20(34)14-6-7-14)17(33)9-5-13-4-8-15(16(25)12-13)23(26,27)28;1-2-5-3-4-1/h4,8,12,14,17H,5-7,9-11H2,1-3H3;1-3H,(H,4,5). The molecule has 0 radical (unpaired) electrons. The molecule has 2 aromatic heterocycles. The lowest BCUT2D eigenvalue weighted by molar-refractivity contribution is -0.142. The van der Waals surface area contributed by atoms with Crippen molar-refractivity contribution in [3.05, 3.63) is 71.1 Å². The third-order valence-corrected chi connectivity index (χ3v) is 6.58. The summed E-state index contributed by atoms with van der Waals surface area (Å²) in [6.45, 7) is 5.07. The number of imidazole rings is 2. The first-order chi connectivity index (χ1) is 19.1. The fourth-order valence-corrected chi connectivity index (χ4v) is 4.72. The Morgan fingerprint density at radius 1 is 1.07 bits per heavy atom. The number of hydrogen-bond acceptors (Lipinski definition) is 4. The van der Waals surface area contributed by atoms with Gasteiger partial charge in [-0.15, -0.1) is 0 Å². The van der Waals surface area contributed by atoms with Gasteiger partial charge in [-0.1, -0.05) is 6.07 Å². The fourth-order valence-electron chi connectivity index (χ4n) is 4.72. The molecule has 2 aliphatic rings. The monoisotopic (exact) mass is 589 g/mol. The van der Waals surface area contributed by atoms with Crippen LogP contribution in [-0.2, 0) is 30.1 Å². The largest absolute Gasteiger partial charge is 0.444 e. The molecule has 224 valence electrons. The van der Waals surface area contributed by atoms with Crippen LogP contribution in [0.1, 0.15) is 80.3 Å². The van der Waals surface area contributed by atoms with Crippen LogP contribution >= 0.6 is 0 Å². The van der Waals surface area contributed by atoms with Crippen molar-refractivity contribution in [2.24, 2.45) is 0 Å². The zero-order chi connectivity index (χ0) is 30.2. The highest BCUT2D eigenvalue weighted by Gasteiger charge is 2.47. The van der Waals surface area contributed by atoms with Crippen LogP contribution in [0.15, 0.2) is 36.9 Å². The molecule has 1 unspecified atom stereocenters. The lowest BCUT2D eigenvalue weighted by atomic mass is 9.97. The highest BCUT2D eigenvalue weighted by molar-refractivity contribution is 5.69. The van der Waals surface area contributed by atoms with Crippen LogP contribution in [0.3, 0.4) is 0 Å². The summed E-state index contributed by atoms with van der Waals surface area (Å²) in [6, 6.07) is 1.30. The Kier molecular flexibility index (Phi) is 8.42. The highest BCUT2D eigenvalue weighted by atomic mass is 19.4. The Balaban J connectivity index is 0.000000699. The number of nitrogens with one attached hydrogen (secondary N) is 1. The van der Waals surface area contributed by atoms with Gasteiger partial charge in [0, 0.05) is 31.4 Å². The minimum Gasteiger partial charge on any atom is -0.444 e. The fraction of sp³-hybridized carbons (Fsp3) is 0.519. The van der Waals surface area contributed by atoms with Crippen molar-refractivity contribution in [1.29, 1.82) is 0 Å². The first kappa shape index (κ1) is 30.4. The van der Waals surface area contributed by atoms with E-state index in [2.05, 4.69) is 15.0 Å². The lowest BCUT2D eigenvalue weighted by Crippen LogP contribution is -2.45. The summed E-state index contributed by atoms with van der Waals surface area (Å²) in [5.74, 6) is -1.23. The van der Waals surface area contributed by atoms with Gasteiger partial charge in [0.25, 0.3) is 0 Å². The third-order valence-electron chi connectivity index (χ3n) is 6.58. The van der Waals surface area contributed by atoms with E-state index in [-0.39, 0.29) is 43.1 Å². The normalized spacial score (nSPS) is 17.5. The molecule has 1 N–H and O–H groups in total. The van der Waals surface area contributed by atoms with Crippen molar-refractivity contribution in [3.8, 4) is 0 Å². The van der Waals surface area contributed by atoms with Crippen molar-refractivity contribution in [1.82, 2.24) is 24.4 Å². The van der Waals surface area contributed by atoms with E-state index in [1.165, 1.54) is 9.47 Å². The van der Waals surface area contributed by atoms with Gasteiger partial charge in [0.05, 0.1) is 23.6 Å². The number of carbonyl (C=O) groups excluding carboxylic acids is 1. The van der Waals surface area contributed by atoms with Crippen molar-refractivity contribution >= 4 is 6.09 Å². The molecule has 5 rings (SSSR count). The molecule has 1 saturated carbocycles. The number of amides is 1. The number of benzene rings is 1. The number of aromatic amines is 1. The van der Waals surface area contributed by atoms with Crippen molar-refractivity contribution in [3.63, 3.8) is 0 Å². The van der Waals surface area contributed by atoms with Gasteiger partial charge < -0.3 is 14.3 Å². The Bertz CT molecular complexity index is 1320. The molecule has 1 amide bonds. The number of fused-ring (bicyclic) bond motifs is 1. The van der Waals surface area contributed by atoms with E-state index < -0.39 is 47.2 Å². The van der Waals surface area contributed by atoms with E-state index in [1.54, 1.807) is 39.5 Å². The summed E-state index contributed by atoms with van der Waals surface area (Å²) in [6.07, 6.45) is -4.09. The predicted molar refractivity (Wildman–Crippen MR) is 133 cm³/mol. The van der Waals surface area contributed by atoms with E-state index in [9.17, 15) is 35.5 Å². The lowest BCUT2D eigenvalue weighted by Gasteiger charge is -2.38. The van der Waals surface area contributed by atoms with Crippen molar-refractivity contribution in [2.45, 2.75) is 82.9 Å². The highest BCUT2D eigenvalue weighted by Crippen LogP contribution is 2.46. The van der Waals surface area contributed by atoms with E-state index >= 15 is 0 Å². The number of nitrogens with zero attached hydrogens (tertiary/aromatic N) is 4. The van der Waals surface area contributed by atoms with Gasteiger partial charge in [-0.25, -0.2) is 19.2 Å². The maximum absolute atomic E-state index is 14.1. The van der Waals surface area contributed by atoms with Gasteiger partial charge in [0.2, 0.25) is 0 Å².